The Bertz CT molecular complexity index is 1200. The van der Waals surface area contributed by atoms with Crippen LogP contribution in [0.1, 0.15) is 40.5 Å². The molecule has 2 N–H and O–H groups in total. The second-order valence-electron chi connectivity index (χ2n) is 9.23. The molecule has 0 saturated carbocycles. The Hall–Kier alpha value is -4.13. The number of benzene rings is 3. The van der Waals surface area contributed by atoms with Crippen molar-refractivity contribution in [3.8, 4) is 0 Å². The van der Waals surface area contributed by atoms with Crippen molar-refractivity contribution in [2.24, 2.45) is 5.92 Å². The maximum atomic E-state index is 12.9. The van der Waals surface area contributed by atoms with E-state index in [4.69, 9.17) is 0 Å². The van der Waals surface area contributed by atoms with Crippen molar-refractivity contribution < 1.29 is 14.4 Å². The van der Waals surface area contributed by atoms with Gasteiger partial charge in [-0.2, -0.15) is 0 Å². The Morgan fingerprint density at radius 3 is 2.25 bits per heavy atom. The monoisotopic (exact) mass is 484 g/mol. The minimum atomic E-state index is -0.225. The van der Waals surface area contributed by atoms with Crippen LogP contribution in [0.2, 0.25) is 0 Å². The summed E-state index contributed by atoms with van der Waals surface area (Å²) in [6.45, 7) is 3.84. The summed E-state index contributed by atoms with van der Waals surface area (Å²) in [6.07, 6.45) is 2.07. The largest absolute Gasteiger partial charge is 0.376 e. The van der Waals surface area contributed by atoms with Crippen LogP contribution in [0.15, 0.2) is 78.9 Å². The molecule has 36 heavy (non-hydrogen) atoms. The van der Waals surface area contributed by atoms with E-state index in [1.165, 1.54) is 0 Å². The van der Waals surface area contributed by atoms with Gasteiger partial charge in [-0.25, -0.2) is 0 Å². The quantitative estimate of drug-likeness (QED) is 0.501. The zero-order valence-electron chi connectivity index (χ0n) is 20.7. The number of amides is 3. The Kier molecular flexibility index (Phi) is 8.00. The van der Waals surface area contributed by atoms with Crippen LogP contribution in [0.3, 0.4) is 0 Å². The van der Waals surface area contributed by atoms with Gasteiger partial charge in [0.25, 0.3) is 11.8 Å². The van der Waals surface area contributed by atoms with E-state index in [0.717, 1.165) is 31.6 Å². The minimum absolute atomic E-state index is 0.0359. The zero-order chi connectivity index (χ0) is 25.5. The first-order chi connectivity index (χ1) is 17.4. The van der Waals surface area contributed by atoms with Gasteiger partial charge in [-0.15, -0.1) is 0 Å². The fourth-order valence-electron chi connectivity index (χ4n) is 4.20. The summed E-state index contributed by atoms with van der Waals surface area (Å²) in [5.41, 5.74) is 3.25. The average Bonchev–Trinajstić information content (AvgIpc) is 2.92. The van der Waals surface area contributed by atoms with Gasteiger partial charge in [-0.1, -0.05) is 31.2 Å². The molecular weight excluding hydrogens is 452 g/mol. The lowest BCUT2D eigenvalue weighted by atomic mass is 9.98. The topological polar surface area (TPSA) is 81.8 Å². The summed E-state index contributed by atoms with van der Waals surface area (Å²) < 4.78 is 0. The number of rotatable bonds is 7. The lowest BCUT2D eigenvalue weighted by Gasteiger charge is -2.30. The fourth-order valence-corrected chi connectivity index (χ4v) is 4.20. The number of hydrogen-bond acceptors (Lipinski definition) is 4. The summed E-state index contributed by atoms with van der Waals surface area (Å²) >= 11 is 0. The SMILES string of the molecule is CC1CCN(C(=O)c2ccc(NC(=O)CNc3cccc(C(=O)N(C)c4ccccc4)c3)cc2)CC1. The maximum Gasteiger partial charge on any atom is 0.258 e. The third kappa shape index (κ3) is 6.30. The summed E-state index contributed by atoms with van der Waals surface area (Å²) in [7, 11) is 1.73. The van der Waals surface area contributed by atoms with Crippen molar-refractivity contribution in [1.29, 1.82) is 0 Å². The van der Waals surface area contributed by atoms with Gasteiger partial charge in [-0.05, 0) is 73.4 Å². The second-order valence-corrected chi connectivity index (χ2v) is 9.23. The normalized spacial score (nSPS) is 13.7. The van der Waals surface area contributed by atoms with Crippen molar-refractivity contribution in [3.05, 3.63) is 90.0 Å². The van der Waals surface area contributed by atoms with E-state index in [-0.39, 0.29) is 24.3 Å². The molecule has 3 aromatic carbocycles. The highest BCUT2D eigenvalue weighted by Crippen LogP contribution is 2.20. The predicted molar refractivity (Wildman–Crippen MR) is 143 cm³/mol. The predicted octanol–water partition coefficient (Wildman–Crippen LogP) is 4.89. The lowest BCUT2D eigenvalue weighted by Crippen LogP contribution is -2.37. The Morgan fingerprint density at radius 1 is 0.861 bits per heavy atom. The number of carbonyl (C=O) groups is 3. The molecule has 1 fully saturated rings. The highest BCUT2D eigenvalue weighted by atomic mass is 16.2. The fraction of sp³-hybridized carbons (Fsp3) is 0.276. The van der Waals surface area contributed by atoms with Gasteiger partial charge in [0.2, 0.25) is 5.91 Å². The first kappa shape index (κ1) is 25.0. The summed E-state index contributed by atoms with van der Waals surface area (Å²) in [5, 5.41) is 5.91. The van der Waals surface area contributed by atoms with E-state index >= 15 is 0 Å². The molecule has 7 heteroatoms. The molecule has 4 rings (SSSR count). The number of likely N-dealkylation sites (tertiary alicyclic amines) is 1. The smallest absolute Gasteiger partial charge is 0.258 e. The van der Waals surface area contributed by atoms with E-state index in [1.54, 1.807) is 54.4 Å². The molecule has 0 unspecified atom stereocenters. The van der Waals surface area contributed by atoms with E-state index < -0.39 is 0 Å². The lowest BCUT2D eigenvalue weighted by molar-refractivity contribution is -0.114. The number of hydrogen-bond donors (Lipinski definition) is 2. The van der Waals surface area contributed by atoms with Gasteiger partial charge in [0.1, 0.15) is 0 Å². The molecule has 3 aromatic rings. The molecule has 1 aliphatic rings. The van der Waals surface area contributed by atoms with Crippen LogP contribution in [-0.4, -0.2) is 49.3 Å². The number of piperidine rings is 1. The standard InChI is InChI=1S/C29H32N4O3/c1-21-15-17-33(18-16-21)29(36)22-11-13-24(14-12-22)31-27(34)20-30-25-8-6-7-23(19-25)28(35)32(2)26-9-4-3-5-10-26/h3-14,19,21,30H,15-18,20H2,1-2H3,(H,31,34). The molecule has 7 nitrogen and oxygen atoms in total. The first-order valence-electron chi connectivity index (χ1n) is 12.3. The molecule has 3 amide bonds. The summed E-state index contributed by atoms with van der Waals surface area (Å²) in [6, 6.07) is 23.5. The van der Waals surface area contributed by atoms with Crippen LogP contribution in [0, 0.1) is 5.92 Å². The Balaban J connectivity index is 1.29. The van der Waals surface area contributed by atoms with E-state index in [9.17, 15) is 14.4 Å². The third-order valence-electron chi connectivity index (χ3n) is 6.50. The van der Waals surface area contributed by atoms with Gasteiger partial charge >= 0.3 is 0 Å². The highest BCUT2D eigenvalue weighted by Gasteiger charge is 2.21. The number of carbonyl (C=O) groups excluding carboxylic acids is 3. The van der Waals surface area contributed by atoms with Gasteiger partial charge < -0.3 is 20.4 Å². The van der Waals surface area contributed by atoms with Gasteiger partial charge in [0, 0.05) is 48.3 Å². The van der Waals surface area contributed by atoms with E-state index in [1.807, 2.05) is 41.3 Å². The highest BCUT2D eigenvalue weighted by molar-refractivity contribution is 6.06. The van der Waals surface area contributed by atoms with Crippen molar-refractivity contribution >= 4 is 34.8 Å². The van der Waals surface area contributed by atoms with Crippen LogP contribution >= 0.6 is 0 Å². The maximum absolute atomic E-state index is 12.9. The molecule has 0 aliphatic carbocycles. The van der Waals surface area contributed by atoms with E-state index in [2.05, 4.69) is 17.6 Å². The van der Waals surface area contributed by atoms with Crippen molar-refractivity contribution in [3.63, 3.8) is 0 Å². The van der Waals surface area contributed by atoms with Crippen molar-refractivity contribution in [2.75, 3.05) is 42.2 Å². The van der Waals surface area contributed by atoms with Crippen LogP contribution < -0.4 is 15.5 Å². The molecule has 0 radical (unpaired) electrons. The average molecular weight is 485 g/mol. The molecule has 0 atom stereocenters. The molecule has 186 valence electrons. The number of nitrogens with one attached hydrogen (secondary N) is 2. The van der Waals surface area contributed by atoms with Gasteiger partial charge in [0.05, 0.1) is 6.54 Å². The number of anilines is 3. The Morgan fingerprint density at radius 2 is 1.56 bits per heavy atom. The molecule has 1 aliphatic heterocycles. The molecular formula is C29H32N4O3. The molecule has 1 heterocycles. The number of nitrogens with zero attached hydrogens (tertiary/aromatic N) is 2. The van der Waals surface area contributed by atoms with Gasteiger partial charge in [0.15, 0.2) is 0 Å². The molecule has 0 bridgehead atoms. The van der Waals surface area contributed by atoms with Gasteiger partial charge in [-0.3, -0.25) is 14.4 Å². The first-order valence-corrected chi connectivity index (χ1v) is 12.3. The number of para-hydroxylation sites is 1. The van der Waals surface area contributed by atoms with Crippen molar-refractivity contribution in [2.45, 2.75) is 19.8 Å². The Labute approximate surface area is 212 Å². The van der Waals surface area contributed by atoms with Crippen LogP contribution in [0.25, 0.3) is 0 Å². The van der Waals surface area contributed by atoms with E-state index in [0.29, 0.717) is 28.4 Å². The third-order valence-corrected chi connectivity index (χ3v) is 6.50. The minimum Gasteiger partial charge on any atom is -0.376 e. The second kappa shape index (κ2) is 11.5. The molecule has 0 spiro atoms. The van der Waals surface area contributed by atoms with Crippen LogP contribution in [0.4, 0.5) is 17.1 Å². The summed E-state index contributed by atoms with van der Waals surface area (Å²) in [5.74, 6) is 0.341. The van der Waals surface area contributed by atoms with Crippen molar-refractivity contribution in [1.82, 2.24) is 4.90 Å². The molecule has 0 aromatic heterocycles. The molecule has 1 saturated heterocycles. The zero-order valence-corrected chi connectivity index (χ0v) is 20.7. The van der Waals surface area contributed by atoms with Crippen LogP contribution in [0.5, 0.6) is 0 Å². The summed E-state index contributed by atoms with van der Waals surface area (Å²) in [4.78, 5) is 41.5. The van der Waals surface area contributed by atoms with Crippen LogP contribution in [-0.2, 0) is 4.79 Å².